The number of halogens is 1. The number of rotatable bonds is 6. The standard InChI is InChI=1S/C27H25FN2O2/c1-4-29(17-20-8-6-5-7-9-20)25-24(21-12-14-22(28)15-13-21)26(31)30(27(25)32)23-16-18(2)10-11-19(23)3/h5-16H,4,17H2,1-3H3. The quantitative estimate of drug-likeness (QED) is 0.504. The number of amides is 2. The van der Waals surface area contributed by atoms with Crippen molar-refractivity contribution < 1.29 is 14.0 Å². The predicted molar refractivity (Wildman–Crippen MR) is 124 cm³/mol. The molecule has 4 nitrogen and oxygen atoms in total. The number of carbonyl (C=O) groups excluding carboxylic acids is 2. The van der Waals surface area contributed by atoms with Gasteiger partial charge in [-0.3, -0.25) is 9.59 Å². The molecule has 0 aromatic heterocycles. The first kappa shape index (κ1) is 21.5. The summed E-state index contributed by atoms with van der Waals surface area (Å²) in [7, 11) is 0. The van der Waals surface area contributed by atoms with Gasteiger partial charge in [-0.25, -0.2) is 9.29 Å². The van der Waals surface area contributed by atoms with Gasteiger partial charge in [-0.2, -0.15) is 0 Å². The highest BCUT2D eigenvalue weighted by Gasteiger charge is 2.42. The molecule has 0 fully saturated rings. The fourth-order valence-corrected chi connectivity index (χ4v) is 4.02. The summed E-state index contributed by atoms with van der Waals surface area (Å²) in [4.78, 5) is 30.6. The Labute approximate surface area is 187 Å². The topological polar surface area (TPSA) is 40.6 Å². The Hall–Kier alpha value is -3.73. The minimum atomic E-state index is -0.393. The van der Waals surface area contributed by atoms with Gasteiger partial charge in [0.05, 0.1) is 11.3 Å². The third-order valence-corrected chi connectivity index (χ3v) is 5.71. The van der Waals surface area contributed by atoms with E-state index in [9.17, 15) is 14.0 Å². The van der Waals surface area contributed by atoms with Crippen molar-refractivity contribution in [1.29, 1.82) is 0 Å². The van der Waals surface area contributed by atoms with Crippen LogP contribution >= 0.6 is 0 Å². The van der Waals surface area contributed by atoms with Crippen molar-refractivity contribution in [1.82, 2.24) is 4.90 Å². The lowest BCUT2D eigenvalue weighted by Crippen LogP contribution is -2.35. The summed E-state index contributed by atoms with van der Waals surface area (Å²) in [6, 6.07) is 21.3. The summed E-state index contributed by atoms with van der Waals surface area (Å²) < 4.78 is 13.6. The molecule has 0 aliphatic carbocycles. The zero-order valence-electron chi connectivity index (χ0n) is 18.4. The van der Waals surface area contributed by atoms with Crippen LogP contribution in [0.4, 0.5) is 10.1 Å². The van der Waals surface area contributed by atoms with E-state index < -0.39 is 11.7 Å². The van der Waals surface area contributed by atoms with Crippen LogP contribution in [0.5, 0.6) is 0 Å². The summed E-state index contributed by atoms with van der Waals surface area (Å²) in [5, 5.41) is 0. The van der Waals surface area contributed by atoms with Crippen LogP contribution in [-0.4, -0.2) is 23.3 Å². The fraction of sp³-hybridized carbons (Fsp3) is 0.185. The third-order valence-electron chi connectivity index (χ3n) is 5.71. The Bertz CT molecular complexity index is 1200. The molecule has 1 heterocycles. The number of likely N-dealkylation sites (N-methyl/N-ethyl adjacent to an activating group) is 1. The van der Waals surface area contributed by atoms with Gasteiger partial charge in [-0.05, 0) is 61.2 Å². The zero-order chi connectivity index (χ0) is 22.8. The van der Waals surface area contributed by atoms with Crippen molar-refractivity contribution in [3.63, 3.8) is 0 Å². The van der Waals surface area contributed by atoms with E-state index in [2.05, 4.69) is 0 Å². The molecule has 162 valence electrons. The highest BCUT2D eigenvalue weighted by atomic mass is 19.1. The Kier molecular flexibility index (Phi) is 5.91. The van der Waals surface area contributed by atoms with E-state index in [1.165, 1.54) is 17.0 Å². The van der Waals surface area contributed by atoms with E-state index in [4.69, 9.17) is 0 Å². The SMILES string of the molecule is CCN(Cc1ccccc1)C1=C(c2ccc(F)cc2)C(=O)N(c2cc(C)ccc2C)C1=O. The second-order valence-electron chi connectivity index (χ2n) is 7.97. The molecule has 2 amide bonds. The smallest absolute Gasteiger partial charge is 0.282 e. The van der Waals surface area contributed by atoms with Crippen LogP contribution in [0.25, 0.3) is 5.57 Å². The van der Waals surface area contributed by atoms with Gasteiger partial charge in [0.25, 0.3) is 11.8 Å². The van der Waals surface area contributed by atoms with Gasteiger partial charge in [0.1, 0.15) is 11.5 Å². The minimum absolute atomic E-state index is 0.300. The maximum atomic E-state index is 13.8. The monoisotopic (exact) mass is 428 g/mol. The molecule has 0 atom stereocenters. The van der Waals surface area contributed by atoms with Crippen LogP contribution in [0.2, 0.25) is 0 Å². The molecular formula is C27H25FN2O2. The normalized spacial score (nSPS) is 13.8. The Morgan fingerprint density at radius 3 is 2.22 bits per heavy atom. The van der Waals surface area contributed by atoms with Crippen LogP contribution in [0.1, 0.15) is 29.2 Å². The van der Waals surface area contributed by atoms with Crippen LogP contribution < -0.4 is 4.90 Å². The molecule has 1 aliphatic rings. The molecule has 3 aromatic carbocycles. The summed E-state index contributed by atoms with van der Waals surface area (Å²) in [5.41, 5.74) is 4.57. The van der Waals surface area contributed by atoms with Crippen molar-refractivity contribution >= 4 is 23.1 Å². The highest BCUT2D eigenvalue weighted by molar-refractivity contribution is 6.45. The number of hydrogen-bond donors (Lipinski definition) is 0. The van der Waals surface area contributed by atoms with Gasteiger partial charge >= 0.3 is 0 Å². The Morgan fingerprint density at radius 2 is 1.56 bits per heavy atom. The van der Waals surface area contributed by atoms with Crippen molar-refractivity contribution in [3.8, 4) is 0 Å². The van der Waals surface area contributed by atoms with E-state index in [-0.39, 0.29) is 5.91 Å². The second-order valence-corrected chi connectivity index (χ2v) is 7.97. The molecule has 3 aromatic rings. The maximum absolute atomic E-state index is 13.8. The van der Waals surface area contributed by atoms with Crippen LogP contribution in [0, 0.1) is 19.7 Å². The lowest BCUT2D eigenvalue weighted by molar-refractivity contribution is -0.120. The predicted octanol–water partition coefficient (Wildman–Crippen LogP) is 5.25. The number of benzene rings is 3. The van der Waals surface area contributed by atoms with Crippen LogP contribution in [0.3, 0.4) is 0 Å². The number of anilines is 1. The summed E-state index contributed by atoms with van der Waals surface area (Å²) in [5.74, 6) is -1.15. The lowest BCUT2D eigenvalue weighted by Gasteiger charge is -2.25. The summed E-state index contributed by atoms with van der Waals surface area (Å²) >= 11 is 0. The molecule has 1 aliphatic heterocycles. The average molecular weight is 429 g/mol. The number of hydrogen-bond acceptors (Lipinski definition) is 3. The molecule has 0 spiro atoms. The number of imide groups is 1. The minimum Gasteiger partial charge on any atom is -0.362 e. The molecule has 0 bridgehead atoms. The van der Waals surface area contributed by atoms with E-state index in [0.29, 0.717) is 35.6 Å². The Balaban J connectivity index is 1.86. The molecular weight excluding hydrogens is 403 g/mol. The van der Waals surface area contributed by atoms with Crippen molar-refractivity contribution in [2.75, 3.05) is 11.4 Å². The van der Waals surface area contributed by atoms with Gasteiger partial charge in [-0.15, -0.1) is 0 Å². The zero-order valence-corrected chi connectivity index (χ0v) is 18.4. The first-order valence-electron chi connectivity index (χ1n) is 10.7. The van der Waals surface area contributed by atoms with Crippen LogP contribution in [-0.2, 0) is 16.1 Å². The molecule has 0 unspecified atom stereocenters. The lowest BCUT2D eigenvalue weighted by atomic mass is 10.0. The average Bonchev–Trinajstić information content (AvgIpc) is 3.05. The Morgan fingerprint density at radius 1 is 0.875 bits per heavy atom. The van der Waals surface area contributed by atoms with Crippen LogP contribution in [0.15, 0.2) is 78.5 Å². The van der Waals surface area contributed by atoms with Crippen molar-refractivity contribution in [2.45, 2.75) is 27.3 Å². The molecule has 0 saturated carbocycles. The van der Waals surface area contributed by atoms with Gasteiger partial charge in [-0.1, -0.05) is 54.6 Å². The van der Waals surface area contributed by atoms with Crippen molar-refractivity contribution in [3.05, 3.63) is 107 Å². The van der Waals surface area contributed by atoms with E-state index >= 15 is 0 Å². The first-order chi connectivity index (χ1) is 15.4. The third kappa shape index (κ3) is 3.94. The van der Waals surface area contributed by atoms with E-state index in [1.807, 2.05) is 74.2 Å². The summed E-state index contributed by atoms with van der Waals surface area (Å²) in [6.45, 7) is 6.78. The van der Waals surface area contributed by atoms with Gasteiger partial charge in [0.15, 0.2) is 0 Å². The second kappa shape index (κ2) is 8.79. The van der Waals surface area contributed by atoms with E-state index in [1.54, 1.807) is 12.1 Å². The highest BCUT2D eigenvalue weighted by Crippen LogP contribution is 2.37. The maximum Gasteiger partial charge on any atom is 0.282 e. The number of nitrogens with zero attached hydrogens (tertiary/aromatic N) is 2. The fourth-order valence-electron chi connectivity index (χ4n) is 4.02. The van der Waals surface area contributed by atoms with Gasteiger partial charge in [0.2, 0.25) is 0 Å². The molecule has 5 heteroatoms. The van der Waals surface area contributed by atoms with Gasteiger partial charge in [0, 0.05) is 13.1 Å². The molecule has 0 radical (unpaired) electrons. The summed E-state index contributed by atoms with van der Waals surface area (Å²) in [6.07, 6.45) is 0. The number of aryl methyl sites for hydroxylation is 2. The molecule has 32 heavy (non-hydrogen) atoms. The molecule has 4 rings (SSSR count). The van der Waals surface area contributed by atoms with E-state index in [0.717, 1.165) is 16.7 Å². The number of carbonyl (C=O) groups is 2. The molecule has 0 saturated heterocycles. The van der Waals surface area contributed by atoms with Crippen molar-refractivity contribution in [2.24, 2.45) is 0 Å². The van der Waals surface area contributed by atoms with Gasteiger partial charge < -0.3 is 4.90 Å². The molecule has 0 N–H and O–H groups in total. The first-order valence-corrected chi connectivity index (χ1v) is 10.7. The largest absolute Gasteiger partial charge is 0.362 e.